The van der Waals surface area contributed by atoms with Crippen molar-refractivity contribution in [3.8, 4) is 16.3 Å². The van der Waals surface area contributed by atoms with Crippen LogP contribution in [0.4, 0.5) is 0 Å². The lowest BCUT2D eigenvalue weighted by Crippen LogP contribution is -2.21. The molecule has 1 atom stereocenters. The summed E-state index contributed by atoms with van der Waals surface area (Å²) in [7, 11) is 1.67. The first-order valence-electron chi connectivity index (χ1n) is 8.74. The first-order valence-corrected chi connectivity index (χ1v) is 9.62. The summed E-state index contributed by atoms with van der Waals surface area (Å²) < 4.78 is 10.9. The zero-order valence-corrected chi connectivity index (χ0v) is 15.8. The van der Waals surface area contributed by atoms with Crippen molar-refractivity contribution in [2.45, 2.75) is 12.6 Å². The van der Waals surface area contributed by atoms with Crippen LogP contribution in [0.25, 0.3) is 10.6 Å². The highest BCUT2D eigenvalue weighted by molar-refractivity contribution is 7.13. The molecule has 5 heteroatoms. The molecule has 0 aliphatic carbocycles. The van der Waals surface area contributed by atoms with Crippen molar-refractivity contribution in [2.75, 3.05) is 7.11 Å². The highest BCUT2D eigenvalue weighted by Gasteiger charge is 2.16. The van der Waals surface area contributed by atoms with Gasteiger partial charge in [-0.2, -0.15) is 0 Å². The van der Waals surface area contributed by atoms with E-state index in [1.165, 1.54) is 0 Å². The Labute approximate surface area is 162 Å². The van der Waals surface area contributed by atoms with Gasteiger partial charge in [0, 0.05) is 17.5 Å². The van der Waals surface area contributed by atoms with Gasteiger partial charge in [0.2, 0.25) is 0 Å². The molecule has 0 saturated carbocycles. The molecule has 1 N–H and O–H groups in total. The maximum Gasteiger partial charge on any atom is 0.125 e. The van der Waals surface area contributed by atoms with Gasteiger partial charge in [-0.1, -0.05) is 30.3 Å². The van der Waals surface area contributed by atoms with Crippen molar-refractivity contribution < 1.29 is 9.15 Å². The summed E-state index contributed by atoms with van der Waals surface area (Å²) in [6.07, 6.45) is 1.71. The Balaban J connectivity index is 1.49. The molecule has 0 aliphatic rings. The smallest absolute Gasteiger partial charge is 0.125 e. The molecule has 0 saturated heterocycles. The Morgan fingerprint density at radius 2 is 1.85 bits per heavy atom. The van der Waals surface area contributed by atoms with Crippen LogP contribution >= 0.6 is 11.3 Å². The molecule has 2 heterocycles. The largest absolute Gasteiger partial charge is 0.497 e. The van der Waals surface area contributed by atoms with Crippen molar-refractivity contribution in [3.63, 3.8) is 0 Å². The van der Waals surface area contributed by atoms with Crippen molar-refractivity contribution in [1.29, 1.82) is 0 Å². The standard InChI is InChI=1S/C22H20N2O2S/c1-25-19-11-9-17(10-12-19)22-24-18(15-27-22)14-23-21(20-8-5-13-26-20)16-6-3-2-4-7-16/h2-13,15,21,23H,14H2,1H3/t21-/m0/s1. The molecule has 0 amide bonds. The third-order valence-electron chi connectivity index (χ3n) is 4.34. The predicted molar refractivity (Wildman–Crippen MR) is 108 cm³/mol. The summed E-state index contributed by atoms with van der Waals surface area (Å²) in [6.45, 7) is 0.660. The molecule has 2 aromatic carbocycles. The third-order valence-corrected chi connectivity index (χ3v) is 5.28. The topological polar surface area (TPSA) is 47.3 Å². The summed E-state index contributed by atoms with van der Waals surface area (Å²) in [6, 6.07) is 22.2. The third kappa shape index (κ3) is 4.10. The minimum absolute atomic E-state index is 0.00710. The summed E-state index contributed by atoms with van der Waals surface area (Å²) in [4.78, 5) is 4.77. The number of nitrogens with zero attached hydrogens (tertiary/aromatic N) is 1. The van der Waals surface area contributed by atoms with E-state index in [0.29, 0.717) is 6.54 Å². The Hall–Kier alpha value is -2.89. The highest BCUT2D eigenvalue weighted by atomic mass is 32.1. The number of nitrogens with one attached hydrogen (secondary N) is 1. The van der Waals surface area contributed by atoms with Crippen molar-refractivity contribution in [1.82, 2.24) is 10.3 Å². The molecule has 0 spiro atoms. The molecule has 4 aromatic rings. The number of hydrogen-bond donors (Lipinski definition) is 1. The summed E-state index contributed by atoms with van der Waals surface area (Å²) >= 11 is 1.65. The maximum atomic E-state index is 5.64. The minimum Gasteiger partial charge on any atom is -0.497 e. The molecule has 0 radical (unpaired) electrons. The fraction of sp³-hybridized carbons (Fsp3) is 0.136. The van der Waals surface area contributed by atoms with Gasteiger partial charge in [0.1, 0.15) is 16.5 Å². The second-order valence-corrected chi connectivity index (χ2v) is 6.97. The molecule has 0 unspecified atom stereocenters. The highest BCUT2D eigenvalue weighted by Crippen LogP contribution is 2.27. The van der Waals surface area contributed by atoms with Crippen molar-refractivity contribution in [3.05, 3.63) is 95.4 Å². The predicted octanol–water partition coefficient (Wildman–Crippen LogP) is 5.29. The number of ether oxygens (including phenoxy) is 1. The molecule has 2 aromatic heterocycles. The Morgan fingerprint density at radius 1 is 1.04 bits per heavy atom. The van der Waals surface area contributed by atoms with E-state index < -0.39 is 0 Å². The van der Waals surface area contributed by atoms with Crippen LogP contribution in [-0.2, 0) is 6.54 Å². The van der Waals surface area contributed by atoms with E-state index in [-0.39, 0.29) is 6.04 Å². The van der Waals surface area contributed by atoms with Crippen LogP contribution in [0.15, 0.2) is 82.8 Å². The average molecular weight is 376 g/mol. The lowest BCUT2D eigenvalue weighted by molar-refractivity contribution is 0.415. The summed E-state index contributed by atoms with van der Waals surface area (Å²) in [5.41, 5.74) is 3.27. The number of benzene rings is 2. The van der Waals surface area contributed by atoms with Gasteiger partial charge in [-0.15, -0.1) is 11.3 Å². The van der Waals surface area contributed by atoms with Crippen LogP contribution in [0.1, 0.15) is 23.1 Å². The van der Waals surface area contributed by atoms with Crippen LogP contribution in [0.5, 0.6) is 5.75 Å². The van der Waals surface area contributed by atoms with Gasteiger partial charge in [-0.3, -0.25) is 5.32 Å². The van der Waals surface area contributed by atoms with E-state index in [1.807, 2.05) is 54.6 Å². The minimum atomic E-state index is -0.00710. The molecular weight excluding hydrogens is 356 g/mol. The average Bonchev–Trinajstić information content (AvgIpc) is 3.42. The van der Waals surface area contributed by atoms with Gasteiger partial charge in [-0.05, 0) is 42.0 Å². The number of rotatable bonds is 7. The van der Waals surface area contributed by atoms with E-state index in [4.69, 9.17) is 14.1 Å². The fourth-order valence-electron chi connectivity index (χ4n) is 2.94. The van der Waals surface area contributed by atoms with Crippen LogP contribution in [0.3, 0.4) is 0 Å². The Morgan fingerprint density at radius 3 is 2.56 bits per heavy atom. The zero-order valence-electron chi connectivity index (χ0n) is 15.0. The van der Waals surface area contributed by atoms with Crippen molar-refractivity contribution >= 4 is 11.3 Å². The Bertz CT molecular complexity index is 963. The van der Waals surface area contributed by atoms with E-state index in [1.54, 1.807) is 24.7 Å². The molecule has 136 valence electrons. The van der Waals surface area contributed by atoms with E-state index in [2.05, 4.69) is 22.8 Å². The van der Waals surface area contributed by atoms with Crippen LogP contribution in [0.2, 0.25) is 0 Å². The fourth-order valence-corrected chi connectivity index (χ4v) is 3.77. The van der Waals surface area contributed by atoms with Crippen LogP contribution < -0.4 is 10.1 Å². The van der Waals surface area contributed by atoms with Gasteiger partial charge in [0.15, 0.2) is 0 Å². The van der Waals surface area contributed by atoms with Gasteiger partial charge in [0.05, 0.1) is 25.1 Å². The van der Waals surface area contributed by atoms with Gasteiger partial charge < -0.3 is 9.15 Å². The number of thiazole rings is 1. The number of aromatic nitrogens is 1. The quantitative estimate of drug-likeness (QED) is 0.476. The number of furan rings is 1. The zero-order chi connectivity index (χ0) is 18.5. The lowest BCUT2D eigenvalue weighted by Gasteiger charge is -2.16. The summed E-state index contributed by atoms with van der Waals surface area (Å²) in [5.74, 6) is 1.74. The van der Waals surface area contributed by atoms with E-state index in [0.717, 1.165) is 33.3 Å². The van der Waals surface area contributed by atoms with Gasteiger partial charge >= 0.3 is 0 Å². The number of hydrogen-bond acceptors (Lipinski definition) is 5. The second kappa shape index (κ2) is 8.20. The van der Waals surface area contributed by atoms with Gasteiger partial charge in [0.25, 0.3) is 0 Å². The normalized spacial score (nSPS) is 12.0. The number of methoxy groups -OCH3 is 1. The molecule has 4 rings (SSSR count). The molecule has 0 fully saturated rings. The molecule has 0 aliphatic heterocycles. The van der Waals surface area contributed by atoms with E-state index in [9.17, 15) is 0 Å². The van der Waals surface area contributed by atoms with Crippen molar-refractivity contribution in [2.24, 2.45) is 0 Å². The lowest BCUT2D eigenvalue weighted by atomic mass is 10.0. The molecule has 27 heavy (non-hydrogen) atoms. The monoisotopic (exact) mass is 376 g/mol. The van der Waals surface area contributed by atoms with E-state index >= 15 is 0 Å². The molecule has 4 nitrogen and oxygen atoms in total. The van der Waals surface area contributed by atoms with Crippen LogP contribution in [-0.4, -0.2) is 12.1 Å². The molecule has 0 bridgehead atoms. The van der Waals surface area contributed by atoms with Gasteiger partial charge in [-0.25, -0.2) is 4.98 Å². The summed E-state index contributed by atoms with van der Waals surface area (Å²) in [5, 5.41) is 6.67. The van der Waals surface area contributed by atoms with Crippen LogP contribution in [0, 0.1) is 0 Å². The first kappa shape index (κ1) is 17.5. The Kier molecular flexibility index (Phi) is 5.32. The first-order chi connectivity index (χ1) is 13.3. The molecular formula is C22H20N2O2S. The SMILES string of the molecule is COc1ccc(-c2nc(CN[C@@H](c3ccccc3)c3ccco3)cs2)cc1. The second-order valence-electron chi connectivity index (χ2n) is 6.11. The maximum absolute atomic E-state index is 5.64.